The van der Waals surface area contributed by atoms with E-state index in [4.69, 9.17) is 10.8 Å². The maximum absolute atomic E-state index is 11.7. The Bertz CT molecular complexity index is 577. The zero-order valence-corrected chi connectivity index (χ0v) is 11.2. The fourth-order valence-corrected chi connectivity index (χ4v) is 2.30. The van der Waals surface area contributed by atoms with Gasteiger partial charge in [0, 0.05) is 12.0 Å². The fourth-order valence-electron chi connectivity index (χ4n) is 1.42. The summed E-state index contributed by atoms with van der Waals surface area (Å²) in [6, 6.07) is 4.13. The quantitative estimate of drug-likeness (QED) is 0.734. The van der Waals surface area contributed by atoms with E-state index >= 15 is 0 Å². The van der Waals surface area contributed by atoms with Gasteiger partial charge in [0.15, 0.2) is 15.6 Å². The Kier molecular flexibility index (Phi) is 4.79. The Morgan fingerprint density at radius 3 is 2.21 bits per heavy atom. The van der Waals surface area contributed by atoms with Gasteiger partial charge in [-0.25, -0.2) is 8.42 Å². The molecule has 104 valence electrons. The van der Waals surface area contributed by atoms with Gasteiger partial charge in [0.2, 0.25) is 0 Å². The van der Waals surface area contributed by atoms with E-state index < -0.39 is 27.6 Å². The minimum absolute atomic E-state index is 0.0236. The molecule has 3 N–H and O–H groups in total. The zero-order chi connectivity index (χ0) is 14.6. The highest BCUT2D eigenvalue weighted by Gasteiger charge is 2.18. The van der Waals surface area contributed by atoms with E-state index in [1.807, 2.05) is 0 Å². The lowest BCUT2D eigenvalue weighted by atomic mass is 10.0. The number of carbonyl (C=O) groups excluding carboxylic acids is 1. The minimum Gasteiger partial charge on any atom is -0.480 e. The van der Waals surface area contributed by atoms with Gasteiger partial charge >= 0.3 is 5.97 Å². The molecule has 1 aromatic rings. The highest BCUT2D eigenvalue weighted by molar-refractivity contribution is 7.91. The van der Waals surface area contributed by atoms with E-state index in [9.17, 15) is 18.0 Å². The summed E-state index contributed by atoms with van der Waals surface area (Å²) in [5, 5.41) is 8.60. The van der Waals surface area contributed by atoms with Gasteiger partial charge in [-0.05, 0) is 12.1 Å². The third-order valence-electron chi connectivity index (χ3n) is 2.64. The highest BCUT2D eigenvalue weighted by atomic mass is 32.2. The lowest BCUT2D eigenvalue weighted by Crippen LogP contribution is -2.32. The van der Waals surface area contributed by atoms with Crippen molar-refractivity contribution in [3.63, 3.8) is 0 Å². The van der Waals surface area contributed by atoms with E-state index in [0.717, 1.165) is 0 Å². The summed E-state index contributed by atoms with van der Waals surface area (Å²) in [5.41, 5.74) is 5.50. The number of sulfone groups is 1. The average Bonchev–Trinajstić information content (AvgIpc) is 2.38. The van der Waals surface area contributed by atoms with Crippen LogP contribution in [-0.2, 0) is 14.6 Å². The molecule has 0 heterocycles. The van der Waals surface area contributed by atoms with Crippen LogP contribution in [0.4, 0.5) is 0 Å². The molecule has 0 radical (unpaired) electrons. The molecular formula is C12H15NO5S. The second kappa shape index (κ2) is 5.94. The molecule has 0 spiro atoms. The summed E-state index contributed by atoms with van der Waals surface area (Å²) in [4.78, 5) is 22.4. The van der Waals surface area contributed by atoms with Gasteiger partial charge in [-0.2, -0.15) is 0 Å². The van der Waals surface area contributed by atoms with Gasteiger partial charge in [-0.1, -0.05) is 19.1 Å². The van der Waals surface area contributed by atoms with E-state index in [-0.39, 0.29) is 22.6 Å². The average molecular weight is 285 g/mol. The number of benzene rings is 1. The van der Waals surface area contributed by atoms with Crippen molar-refractivity contribution in [2.75, 3.05) is 5.75 Å². The Hall–Kier alpha value is -1.73. The number of hydrogen-bond acceptors (Lipinski definition) is 5. The molecule has 1 atom stereocenters. The Morgan fingerprint density at radius 2 is 1.79 bits per heavy atom. The monoisotopic (exact) mass is 285 g/mol. The summed E-state index contributed by atoms with van der Waals surface area (Å²) in [5.74, 6) is -1.71. The molecule has 0 aliphatic rings. The van der Waals surface area contributed by atoms with Crippen LogP contribution in [0.5, 0.6) is 0 Å². The van der Waals surface area contributed by atoms with Crippen LogP contribution in [0, 0.1) is 0 Å². The van der Waals surface area contributed by atoms with Crippen molar-refractivity contribution < 1.29 is 23.1 Å². The predicted octanol–water partition coefficient (Wildman–Crippen LogP) is 0.465. The molecular weight excluding hydrogens is 270 g/mol. The van der Waals surface area contributed by atoms with E-state index in [0.29, 0.717) is 0 Å². The molecule has 19 heavy (non-hydrogen) atoms. The molecule has 7 heteroatoms. The summed E-state index contributed by atoms with van der Waals surface area (Å²) < 4.78 is 23.1. The van der Waals surface area contributed by atoms with Crippen LogP contribution in [0.1, 0.15) is 23.7 Å². The smallest absolute Gasteiger partial charge is 0.320 e. The first-order chi connectivity index (χ1) is 8.77. The lowest BCUT2D eigenvalue weighted by Gasteiger charge is -2.06. The number of carboxylic acids is 1. The SMILES string of the molecule is CCS(=O)(=O)c1ccc(C(=O)C[C@H](N)C(=O)O)cc1. The molecule has 1 aromatic carbocycles. The zero-order valence-electron chi connectivity index (χ0n) is 10.4. The Labute approximate surface area is 111 Å². The molecule has 0 fully saturated rings. The number of nitrogens with two attached hydrogens (primary N) is 1. The molecule has 0 aliphatic heterocycles. The maximum Gasteiger partial charge on any atom is 0.320 e. The topological polar surface area (TPSA) is 115 Å². The number of rotatable bonds is 6. The molecule has 0 saturated heterocycles. The molecule has 0 saturated carbocycles. The van der Waals surface area contributed by atoms with Crippen LogP contribution in [-0.4, -0.2) is 37.1 Å². The molecule has 0 bridgehead atoms. The predicted molar refractivity (Wildman–Crippen MR) is 68.7 cm³/mol. The first-order valence-corrected chi connectivity index (χ1v) is 7.27. The number of carboxylic acid groups (broad SMARTS) is 1. The number of carbonyl (C=O) groups is 2. The highest BCUT2D eigenvalue weighted by Crippen LogP contribution is 2.13. The first-order valence-electron chi connectivity index (χ1n) is 5.62. The van der Waals surface area contributed by atoms with E-state index in [1.54, 1.807) is 0 Å². The van der Waals surface area contributed by atoms with Crippen LogP contribution in [0.15, 0.2) is 29.2 Å². The van der Waals surface area contributed by atoms with Gasteiger partial charge in [0.05, 0.1) is 10.6 Å². The molecule has 1 rings (SSSR count). The molecule has 0 unspecified atom stereocenters. The van der Waals surface area contributed by atoms with Crippen molar-refractivity contribution in [2.45, 2.75) is 24.3 Å². The minimum atomic E-state index is -3.31. The van der Waals surface area contributed by atoms with Crippen molar-refractivity contribution in [3.05, 3.63) is 29.8 Å². The van der Waals surface area contributed by atoms with E-state index in [2.05, 4.69) is 0 Å². The second-order valence-electron chi connectivity index (χ2n) is 4.00. The van der Waals surface area contributed by atoms with Crippen LogP contribution in [0.3, 0.4) is 0 Å². The van der Waals surface area contributed by atoms with Crippen LogP contribution in [0.2, 0.25) is 0 Å². The first kappa shape index (κ1) is 15.3. The molecule has 0 amide bonds. The summed E-state index contributed by atoms with van der Waals surface area (Å²) in [6.07, 6.45) is -0.324. The van der Waals surface area contributed by atoms with Gasteiger partial charge in [-0.15, -0.1) is 0 Å². The lowest BCUT2D eigenvalue weighted by molar-refractivity contribution is -0.138. The van der Waals surface area contributed by atoms with Crippen molar-refractivity contribution in [3.8, 4) is 0 Å². The Morgan fingerprint density at radius 1 is 1.26 bits per heavy atom. The van der Waals surface area contributed by atoms with Gasteiger partial charge < -0.3 is 10.8 Å². The third-order valence-corrected chi connectivity index (χ3v) is 4.39. The van der Waals surface area contributed by atoms with Crippen molar-refractivity contribution in [1.82, 2.24) is 0 Å². The molecule has 0 aromatic heterocycles. The van der Waals surface area contributed by atoms with Crippen LogP contribution in [0.25, 0.3) is 0 Å². The Balaban J connectivity index is 2.88. The van der Waals surface area contributed by atoms with Crippen molar-refractivity contribution >= 4 is 21.6 Å². The summed E-state index contributed by atoms with van der Waals surface area (Å²) in [7, 11) is -3.31. The van der Waals surface area contributed by atoms with Crippen molar-refractivity contribution in [2.24, 2.45) is 5.73 Å². The van der Waals surface area contributed by atoms with Crippen molar-refractivity contribution in [1.29, 1.82) is 0 Å². The largest absolute Gasteiger partial charge is 0.480 e. The normalized spacial score (nSPS) is 12.9. The number of hydrogen-bond donors (Lipinski definition) is 2. The summed E-state index contributed by atoms with van der Waals surface area (Å²) in [6.45, 7) is 1.53. The third kappa shape index (κ3) is 3.87. The van der Waals surface area contributed by atoms with Crippen LogP contribution >= 0.6 is 0 Å². The molecule has 0 aliphatic carbocycles. The standard InChI is InChI=1S/C12H15NO5S/c1-2-19(17,18)9-5-3-8(4-6-9)11(14)7-10(13)12(15)16/h3-6,10H,2,7,13H2,1H3,(H,15,16)/t10-/m0/s1. The van der Waals surface area contributed by atoms with E-state index in [1.165, 1.54) is 31.2 Å². The molecule has 6 nitrogen and oxygen atoms in total. The van der Waals surface area contributed by atoms with Gasteiger partial charge in [0.25, 0.3) is 0 Å². The maximum atomic E-state index is 11.7. The summed E-state index contributed by atoms with van der Waals surface area (Å²) >= 11 is 0. The number of aliphatic carboxylic acids is 1. The van der Waals surface area contributed by atoms with Gasteiger partial charge in [0.1, 0.15) is 6.04 Å². The van der Waals surface area contributed by atoms with Crippen LogP contribution < -0.4 is 5.73 Å². The van der Waals surface area contributed by atoms with Gasteiger partial charge in [-0.3, -0.25) is 9.59 Å². The second-order valence-corrected chi connectivity index (χ2v) is 6.28. The number of Topliss-reactive ketones (excluding diaryl/α,β-unsaturated/α-hetero) is 1. The number of ketones is 1. The fraction of sp³-hybridized carbons (Fsp3) is 0.333.